The van der Waals surface area contributed by atoms with Crippen molar-refractivity contribution in [2.45, 2.75) is 57.2 Å². The van der Waals surface area contributed by atoms with Crippen LogP contribution >= 0.6 is 0 Å². The van der Waals surface area contributed by atoms with E-state index in [1.165, 1.54) is 37.0 Å². The summed E-state index contributed by atoms with van der Waals surface area (Å²) in [4.78, 5) is 25.7. The zero-order valence-corrected chi connectivity index (χ0v) is 15.3. The Kier molecular flexibility index (Phi) is 5.01. The molecule has 1 saturated heterocycles. The number of nitrogens with zero attached hydrogens (tertiary/aromatic N) is 1. The second kappa shape index (κ2) is 7.17. The number of ether oxygens (including phenoxy) is 1. The van der Waals surface area contributed by atoms with Crippen molar-refractivity contribution in [1.29, 1.82) is 0 Å². The van der Waals surface area contributed by atoms with Crippen LogP contribution in [0.1, 0.15) is 44.9 Å². The average Bonchev–Trinajstić information content (AvgIpc) is 2.61. The molecule has 0 spiro atoms. The van der Waals surface area contributed by atoms with Crippen LogP contribution in [0.3, 0.4) is 0 Å². The Hall–Kier alpha value is -1.47. The number of carbonyl (C=O) groups excluding carboxylic acids is 2. The second-order valence-corrected chi connectivity index (χ2v) is 8.90. The molecule has 0 aromatic heterocycles. The van der Waals surface area contributed by atoms with E-state index in [0.29, 0.717) is 30.7 Å². The molecule has 8 heteroatoms. The molecule has 0 unspecified atom stereocenters. The summed E-state index contributed by atoms with van der Waals surface area (Å²) in [7, 11) is 0. The molecular weight excluding hydrogens is 361 g/mol. The second-order valence-electron chi connectivity index (χ2n) is 8.90. The molecule has 0 aromatic rings. The summed E-state index contributed by atoms with van der Waals surface area (Å²) >= 11 is 0. The minimum Gasteiger partial charge on any atom is -0.440 e. The van der Waals surface area contributed by atoms with Crippen LogP contribution in [0.2, 0.25) is 0 Å². The van der Waals surface area contributed by atoms with Gasteiger partial charge in [-0.3, -0.25) is 4.79 Å². The van der Waals surface area contributed by atoms with Crippen molar-refractivity contribution in [3.63, 3.8) is 0 Å². The maximum absolute atomic E-state index is 12.7. The number of amides is 2. The summed E-state index contributed by atoms with van der Waals surface area (Å²) in [5, 5.41) is 3.30. The maximum Gasteiger partial charge on any atom is 0.422 e. The van der Waals surface area contributed by atoms with Crippen LogP contribution in [0.4, 0.5) is 18.0 Å². The molecule has 5 rings (SSSR count). The molecular formula is C19H27F3N2O3. The third-order valence-corrected chi connectivity index (χ3v) is 7.02. The van der Waals surface area contributed by atoms with Crippen molar-refractivity contribution in [3.8, 4) is 0 Å². The van der Waals surface area contributed by atoms with Gasteiger partial charge in [0.25, 0.3) is 0 Å². The van der Waals surface area contributed by atoms with Gasteiger partial charge < -0.3 is 15.0 Å². The van der Waals surface area contributed by atoms with E-state index in [0.717, 1.165) is 11.8 Å². The Bertz CT molecular complexity index is 559. The Morgan fingerprint density at radius 1 is 0.963 bits per heavy atom. The van der Waals surface area contributed by atoms with E-state index in [1.54, 1.807) is 0 Å². The predicted octanol–water partition coefficient (Wildman–Crippen LogP) is 3.34. The maximum atomic E-state index is 12.7. The number of halogens is 3. The first-order valence-electron chi connectivity index (χ1n) is 10.1. The molecule has 0 aromatic carbocycles. The van der Waals surface area contributed by atoms with Crippen molar-refractivity contribution in [2.75, 3.05) is 19.7 Å². The number of piperidine rings is 1. The average molecular weight is 388 g/mol. The molecule has 0 atom stereocenters. The smallest absolute Gasteiger partial charge is 0.422 e. The number of hydrogen-bond acceptors (Lipinski definition) is 3. The highest BCUT2D eigenvalue weighted by atomic mass is 19.4. The Labute approximate surface area is 157 Å². The van der Waals surface area contributed by atoms with E-state index in [4.69, 9.17) is 0 Å². The van der Waals surface area contributed by atoms with Crippen molar-refractivity contribution in [1.82, 2.24) is 10.2 Å². The molecule has 1 aliphatic heterocycles. The van der Waals surface area contributed by atoms with Crippen molar-refractivity contribution < 1.29 is 27.5 Å². The summed E-state index contributed by atoms with van der Waals surface area (Å²) in [6.45, 7) is -1.05. The van der Waals surface area contributed by atoms with E-state index in [-0.39, 0.29) is 24.9 Å². The SMILES string of the molecule is O=C(NC1C2CC3CC(C2)CC1C3)C1CCN(C(=O)OCC(F)(F)F)CC1. The van der Waals surface area contributed by atoms with Crippen LogP contribution < -0.4 is 5.32 Å². The zero-order valence-electron chi connectivity index (χ0n) is 15.3. The number of likely N-dealkylation sites (tertiary alicyclic amines) is 1. The Balaban J connectivity index is 1.24. The van der Waals surface area contributed by atoms with Crippen LogP contribution in [0, 0.1) is 29.6 Å². The molecule has 152 valence electrons. The van der Waals surface area contributed by atoms with Crippen LogP contribution in [0.15, 0.2) is 0 Å². The fraction of sp³-hybridized carbons (Fsp3) is 0.895. The van der Waals surface area contributed by atoms with Gasteiger partial charge in [0.1, 0.15) is 0 Å². The van der Waals surface area contributed by atoms with Gasteiger partial charge in [0, 0.05) is 25.0 Å². The molecule has 1 N–H and O–H groups in total. The molecule has 4 bridgehead atoms. The minimum atomic E-state index is -4.52. The van der Waals surface area contributed by atoms with Crippen molar-refractivity contribution in [2.24, 2.45) is 29.6 Å². The van der Waals surface area contributed by atoms with E-state index in [9.17, 15) is 22.8 Å². The first kappa shape index (κ1) is 18.9. The summed E-state index contributed by atoms with van der Waals surface area (Å²) in [5.41, 5.74) is 0. The topological polar surface area (TPSA) is 58.6 Å². The molecule has 2 amide bonds. The fourth-order valence-corrected chi connectivity index (χ4v) is 6.00. The van der Waals surface area contributed by atoms with Gasteiger partial charge in [-0.15, -0.1) is 0 Å². The first-order valence-corrected chi connectivity index (χ1v) is 10.1. The lowest BCUT2D eigenvalue weighted by molar-refractivity contribution is -0.162. The highest BCUT2D eigenvalue weighted by Gasteiger charge is 2.49. The number of nitrogens with one attached hydrogen (secondary N) is 1. The van der Waals surface area contributed by atoms with E-state index >= 15 is 0 Å². The molecule has 4 saturated carbocycles. The van der Waals surface area contributed by atoms with Crippen molar-refractivity contribution >= 4 is 12.0 Å². The van der Waals surface area contributed by atoms with Gasteiger partial charge in [0.2, 0.25) is 5.91 Å². The standard InChI is InChI=1S/C19H27F3N2O3/c20-19(21,22)10-27-18(26)24-3-1-13(2-4-24)17(25)23-16-14-6-11-5-12(8-14)9-15(16)7-11/h11-16H,1-10H2,(H,23,25). The number of rotatable bonds is 3. The third-order valence-electron chi connectivity index (χ3n) is 7.02. The van der Waals surface area contributed by atoms with Gasteiger partial charge in [-0.1, -0.05) is 0 Å². The summed E-state index contributed by atoms with van der Waals surface area (Å²) in [5.74, 6) is 2.81. The lowest BCUT2D eigenvalue weighted by Crippen LogP contribution is -2.57. The van der Waals surface area contributed by atoms with Crippen LogP contribution in [-0.2, 0) is 9.53 Å². The van der Waals surface area contributed by atoms with Gasteiger partial charge in [-0.2, -0.15) is 13.2 Å². The lowest BCUT2D eigenvalue weighted by atomic mass is 9.54. The molecule has 0 radical (unpaired) electrons. The van der Waals surface area contributed by atoms with Crippen LogP contribution in [0.5, 0.6) is 0 Å². The normalized spacial score (nSPS) is 36.0. The summed E-state index contributed by atoms with van der Waals surface area (Å²) in [6.07, 6.45) is 1.79. The predicted molar refractivity (Wildman–Crippen MR) is 90.7 cm³/mol. The quantitative estimate of drug-likeness (QED) is 0.807. The molecule has 5 fully saturated rings. The molecule has 4 aliphatic carbocycles. The Morgan fingerprint density at radius 2 is 1.52 bits per heavy atom. The monoisotopic (exact) mass is 388 g/mol. The molecule has 1 heterocycles. The highest BCUT2D eigenvalue weighted by molar-refractivity contribution is 5.79. The van der Waals surface area contributed by atoms with Gasteiger partial charge >= 0.3 is 12.3 Å². The molecule has 5 nitrogen and oxygen atoms in total. The van der Waals surface area contributed by atoms with Crippen molar-refractivity contribution in [3.05, 3.63) is 0 Å². The Morgan fingerprint density at radius 3 is 2.04 bits per heavy atom. The highest BCUT2D eigenvalue weighted by Crippen LogP contribution is 2.53. The number of hydrogen-bond donors (Lipinski definition) is 1. The van der Waals surface area contributed by atoms with Gasteiger partial charge in [-0.05, 0) is 68.6 Å². The minimum absolute atomic E-state index is 0.0517. The summed E-state index contributed by atoms with van der Waals surface area (Å²) in [6, 6.07) is 0.292. The van der Waals surface area contributed by atoms with Gasteiger partial charge in [0.15, 0.2) is 6.61 Å². The fourth-order valence-electron chi connectivity index (χ4n) is 6.00. The van der Waals surface area contributed by atoms with E-state index in [2.05, 4.69) is 10.1 Å². The van der Waals surface area contributed by atoms with Gasteiger partial charge in [-0.25, -0.2) is 4.79 Å². The number of alkyl halides is 3. The number of carbonyl (C=O) groups is 2. The van der Waals surface area contributed by atoms with Gasteiger partial charge in [0.05, 0.1) is 0 Å². The first-order chi connectivity index (χ1) is 12.8. The summed E-state index contributed by atoms with van der Waals surface area (Å²) < 4.78 is 40.7. The third kappa shape index (κ3) is 4.19. The largest absolute Gasteiger partial charge is 0.440 e. The van der Waals surface area contributed by atoms with Crippen LogP contribution in [-0.4, -0.2) is 48.8 Å². The van der Waals surface area contributed by atoms with Crippen LogP contribution in [0.25, 0.3) is 0 Å². The zero-order chi connectivity index (χ0) is 19.2. The van der Waals surface area contributed by atoms with E-state index < -0.39 is 18.9 Å². The van der Waals surface area contributed by atoms with E-state index in [1.807, 2.05) is 0 Å². The molecule has 5 aliphatic rings. The molecule has 27 heavy (non-hydrogen) atoms. The lowest BCUT2D eigenvalue weighted by Gasteiger charge is -2.54.